The number of carbonyl (C=O) groups excluding carboxylic acids is 2. The van der Waals surface area contributed by atoms with Gasteiger partial charge >= 0.3 is 5.97 Å². The SMILES string of the molecule is CCOc1ccc2oc(C)c(C(=O)Oc3ccc4c(c3)O/C(=C\c3cc(OC)c(OC)cc3OC)C4=O)c2c1. The van der Waals surface area contributed by atoms with Crippen molar-refractivity contribution in [1.29, 1.82) is 0 Å². The fraction of sp³-hybridized carbons (Fsp3) is 0.200. The van der Waals surface area contributed by atoms with Gasteiger partial charge in [-0.05, 0) is 56.3 Å². The molecule has 0 bridgehead atoms. The largest absolute Gasteiger partial charge is 0.496 e. The summed E-state index contributed by atoms with van der Waals surface area (Å²) in [7, 11) is 4.55. The maximum absolute atomic E-state index is 13.2. The number of aryl methyl sites for hydroxylation is 1. The Kier molecular flexibility index (Phi) is 6.89. The van der Waals surface area contributed by atoms with Gasteiger partial charge in [-0.2, -0.15) is 0 Å². The minimum atomic E-state index is -0.602. The lowest BCUT2D eigenvalue weighted by molar-refractivity contribution is 0.0734. The molecule has 0 saturated carbocycles. The summed E-state index contributed by atoms with van der Waals surface area (Å²) in [5.74, 6) is 2.11. The minimum Gasteiger partial charge on any atom is -0.496 e. The van der Waals surface area contributed by atoms with Crippen molar-refractivity contribution < 1.29 is 42.4 Å². The summed E-state index contributed by atoms with van der Waals surface area (Å²) in [6.45, 7) is 4.07. The van der Waals surface area contributed by atoms with Crippen LogP contribution >= 0.6 is 0 Å². The number of benzene rings is 3. The van der Waals surface area contributed by atoms with E-state index in [1.165, 1.54) is 27.4 Å². The Morgan fingerprint density at radius 1 is 0.897 bits per heavy atom. The van der Waals surface area contributed by atoms with E-state index in [4.69, 9.17) is 32.8 Å². The van der Waals surface area contributed by atoms with Crippen molar-refractivity contribution in [2.24, 2.45) is 0 Å². The summed E-state index contributed by atoms with van der Waals surface area (Å²) in [5.41, 5.74) is 1.75. The Labute approximate surface area is 224 Å². The molecule has 0 atom stereocenters. The van der Waals surface area contributed by atoms with Crippen molar-refractivity contribution in [2.75, 3.05) is 27.9 Å². The topological polar surface area (TPSA) is 103 Å². The number of fused-ring (bicyclic) bond motifs is 2. The Morgan fingerprint density at radius 3 is 2.33 bits per heavy atom. The first kappa shape index (κ1) is 25.7. The number of furan rings is 1. The molecule has 0 unspecified atom stereocenters. The molecule has 200 valence electrons. The van der Waals surface area contributed by atoms with Gasteiger partial charge in [-0.1, -0.05) is 0 Å². The molecule has 1 aliphatic rings. The molecule has 9 heteroatoms. The number of rotatable bonds is 8. The molecular formula is C30H26O9. The van der Waals surface area contributed by atoms with Crippen LogP contribution in [0, 0.1) is 6.92 Å². The van der Waals surface area contributed by atoms with Crippen LogP contribution in [0.1, 0.15) is 39.0 Å². The van der Waals surface area contributed by atoms with Crippen LogP contribution in [0.25, 0.3) is 17.0 Å². The first-order valence-electron chi connectivity index (χ1n) is 12.1. The average Bonchev–Trinajstić information content (AvgIpc) is 3.43. The normalized spacial score (nSPS) is 13.3. The second kappa shape index (κ2) is 10.4. The third kappa shape index (κ3) is 4.74. The molecule has 0 saturated heterocycles. The number of methoxy groups -OCH3 is 3. The van der Waals surface area contributed by atoms with Crippen LogP contribution in [-0.2, 0) is 0 Å². The van der Waals surface area contributed by atoms with E-state index < -0.39 is 5.97 Å². The highest BCUT2D eigenvalue weighted by Gasteiger charge is 2.29. The lowest BCUT2D eigenvalue weighted by atomic mass is 10.1. The van der Waals surface area contributed by atoms with Gasteiger partial charge in [0.05, 0.1) is 33.5 Å². The number of carbonyl (C=O) groups is 2. The number of ether oxygens (including phenoxy) is 6. The molecule has 0 aliphatic carbocycles. The number of hydrogen-bond donors (Lipinski definition) is 0. The Balaban J connectivity index is 1.42. The molecule has 0 fully saturated rings. The zero-order valence-corrected chi connectivity index (χ0v) is 22.1. The smallest absolute Gasteiger partial charge is 0.347 e. The van der Waals surface area contributed by atoms with Crippen molar-refractivity contribution in [2.45, 2.75) is 13.8 Å². The molecule has 1 aromatic heterocycles. The summed E-state index contributed by atoms with van der Waals surface area (Å²) in [6, 6.07) is 13.2. The highest BCUT2D eigenvalue weighted by molar-refractivity contribution is 6.15. The van der Waals surface area contributed by atoms with Gasteiger partial charge in [-0.15, -0.1) is 0 Å². The third-order valence-corrected chi connectivity index (χ3v) is 6.23. The van der Waals surface area contributed by atoms with Crippen molar-refractivity contribution in [1.82, 2.24) is 0 Å². The highest BCUT2D eigenvalue weighted by Crippen LogP contribution is 2.39. The third-order valence-electron chi connectivity index (χ3n) is 6.23. The average molecular weight is 531 g/mol. The number of hydrogen-bond acceptors (Lipinski definition) is 9. The van der Waals surface area contributed by atoms with E-state index in [1.807, 2.05) is 6.92 Å². The molecule has 0 radical (unpaired) electrons. The predicted molar refractivity (Wildman–Crippen MR) is 143 cm³/mol. The fourth-order valence-corrected chi connectivity index (χ4v) is 4.40. The molecule has 39 heavy (non-hydrogen) atoms. The van der Waals surface area contributed by atoms with Gasteiger partial charge < -0.3 is 32.8 Å². The Bertz CT molecular complexity index is 1630. The van der Waals surface area contributed by atoms with Gasteiger partial charge in [0.2, 0.25) is 5.78 Å². The van der Waals surface area contributed by atoms with Crippen LogP contribution in [-0.4, -0.2) is 39.7 Å². The maximum atomic E-state index is 13.2. The molecule has 2 heterocycles. The van der Waals surface area contributed by atoms with E-state index >= 15 is 0 Å². The van der Waals surface area contributed by atoms with E-state index in [9.17, 15) is 9.59 Å². The standard InChI is InChI=1S/C30H26O9/c1-6-36-18-8-10-22-21(13-18)28(16(2)37-22)30(32)38-19-7-9-20-24(14-19)39-27(29(20)31)12-17-11-25(34-4)26(35-5)15-23(17)33-3/h7-15H,6H2,1-5H3/b27-12-. The van der Waals surface area contributed by atoms with Gasteiger partial charge in [0.25, 0.3) is 0 Å². The van der Waals surface area contributed by atoms with Crippen molar-refractivity contribution in [3.05, 3.63) is 76.7 Å². The van der Waals surface area contributed by atoms with Gasteiger partial charge in [0.1, 0.15) is 39.9 Å². The zero-order chi connectivity index (χ0) is 27.7. The summed E-state index contributed by atoms with van der Waals surface area (Å²) < 4.78 is 38.9. The summed E-state index contributed by atoms with van der Waals surface area (Å²) in [4.78, 5) is 26.2. The number of ketones is 1. The van der Waals surface area contributed by atoms with Crippen LogP contribution in [0.4, 0.5) is 0 Å². The molecule has 5 rings (SSSR count). The lowest BCUT2D eigenvalue weighted by Crippen LogP contribution is -2.09. The predicted octanol–water partition coefficient (Wildman–Crippen LogP) is 6.00. The number of allylic oxidation sites excluding steroid dienone is 1. The monoisotopic (exact) mass is 530 g/mol. The van der Waals surface area contributed by atoms with E-state index in [0.29, 0.717) is 63.0 Å². The van der Waals surface area contributed by atoms with Crippen LogP contribution in [0.15, 0.2) is 58.7 Å². The fourth-order valence-electron chi connectivity index (χ4n) is 4.40. The van der Waals surface area contributed by atoms with Crippen molar-refractivity contribution in [3.63, 3.8) is 0 Å². The van der Waals surface area contributed by atoms with Gasteiger partial charge in [0.15, 0.2) is 17.3 Å². The molecule has 3 aromatic carbocycles. The van der Waals surface area contributed by atoms with Crippen molar-refractivity contribution >= 4 is 28.8 Å². The highest BCUT2D eigenvalue weighted by atomic mass is 16.5. The molecule has 9 nitrogen and oxygen atoms in total. The number of esters is 1. The first-order valence-corrected chi connectivity index (χ1v) is 12.1. The Hall–Kier alpha value is -4.92. The van der Waals surface area contributed by atoms with Crippen LogP contribution in [0.5, 0.6) is 34.5 Å². The molecule has 1 aliphatic heterocycles. The number of Topliss-reactive ketones (excluding diaryl/α,β-unsaturated/α-hetero) is 1. The molecule has 0 spiro atoms. The van der Waals surface area contributed by atoms with Gasteiger partial charge in [-0.25, -0.2) is 4.79 Å². The van der Waals surface area contributed by atoms with E-state index in [-0.39, 0.29) is 23.0 Å². The van der Waals surface area contributed by atoms with E-state index in [2.05, 4.69) is 0 Å². The first-order chi connectivity index (χ1) is 18.9. The molecular weight excluding hydrogens is 504 g/mol. The maximum Gasteiger partial charge on any atom is 0.347 e. The second-order valence-electron chi connectivity index (χ2n) is 8.56. The van der Waals surface area contributed by atoms with E-state index in [1.54, 1.807) is 55.5 Å². The second-order valence-corrected chi connectivity index (χ2v) is 8.56. The van der Waals surface area contributed by atoms with Crippen LogP contribution < -0.4 is 28.4 Å². The van der Waals surface area contributed by atoms with E-state index in [0.717, 1.165) is 0 Å². The van der Waals surface area contributed by atoms with Crippen LogP contribution in [0.3, 0.4) is 0 Å². The Morgan fingerprint density at radius 2 is 1.62 bits per heavy atom. The van der Waals surface area contributed by atoms with Crippen LogP contribution in [0.2, 0.25) is 0 Å². The minimum absolute atomic E-state index is 0.0825. The van der Waals surface area contributed by atoms with Crippen molar-refractivity contribution in [3.8, 4) is 34.5 Å². The summed E-state index contributed by atoms with van der Waals surface area (Å²) in [6.07, 6.45) is 1.56. The molecule has 0 amide bonds. The van der Waals surface area contributed by atoms with Gasteiger partial charge in [0, 0.05) is 23.1 Å². The summed E-state index contributed by atoms with van der Waals surface area (Å²) in [5, 5.41) is 0.588. The quantitative estimate of drug-likeness (QED) is 0.154. The molecule has 4 aromatic rings. The zero-order valence-electron chi connectivity index (χ0n) is 22.1. The molecule has 0 N–H and O–H groups in total. The van der Waals surface area contributed by atoms with Gasteiger partial charge in [-0.3, -0.25) is 4.79 Å². The summed E-state index contributed by atoms with van der Waals surface area (Å²) >= 11 is 0. The lowest BCUT2D eigenvalue weighted by Gasteiger charge is -2.12.